The van der Waals surface area contributed by atoms with E-state index in [0.717, 1.165) is 7.11 Å². The largest absolute Gasteiger partial charge is 1.00 e. The second-order valence-electron chi connectivity index (χ2n) is 2.16. The number of aliphatic carboxylic acids is 2. The van der Waals surface area contributed by atoms with Crippen LogP contribution in [-0.4, -0.2) is 29.6 Å². The quantitative estimate of drug-likeness (QED) is 0.393. The van der Waals surface area contributed by atoms with E-state index in [0.29, 0.717) is 0 Å². The molecule has 10 heteroatoms. The maximum Gasteiger partial charge on any atom is 1.00 e. The molecular formula is C5H7K2O7P. The molecule has 76 valence electrons. The average molecular weight is 288 g/mol. The van der Waals surface area contributed by atoms with E-state index >= 15 is 0 Å². The number of carboxylic acid groups (broad SMARTS) is 2. The van der Waals surface area contributed by atoms with Crippen molar-refractivity contribution < 1.29 is 137 Å². The van der Waals surface area contributed by atoms with Crippen molar-refractivity contribution >= 4 is 19.5 Å². The maximum absolute atomic E-state index is 10.9. The topological polar surface area (TPSA) is 127 Å². The third-order valence-corrected chi connectivity index (χ3v) is 2.99. The second kappa shape index (κ2) is 10.3. The molecular weight excluding hydrogens is 281 g/mol. The van der Waals surface area contributed by atoms with Crippen LogP contribution in [-0.2, 0) is 18.7 Å². The Morgan fingerprint density at radius 1 is 1.40 bits per heavy atom. The first kappa shape index (κ1) is 22.5. The standard InChI is InChI=1S/C5H9O7P.2K/c1-12-13(10,11)3(5(8)9)2-4(6)7;;/h3H,2H2,1H3,(H,6,7)(H,8,9)(H,10,11);;/q;2*+1/p-2. The molecule has 0 bridgehead atoms. The molecule has 0 aliphatic rings. The molecule has 0 aromatic carbocycles. The smallest absolute Gasteiger partial charge is 0.550 e. The molecule has 2 atom stereocenters. The van der Waals surface area contributed by atoms with Crippen molar-refractivity contribution in [1.29, 1.82) is 0 Å². The number of rotatable bonds is 5. The summed E-state index contributed by atoms with van der Waals surface area (Å²) in [7, 11) is -3.68. The van der Waals surface area contributed by atoms with Crippen molar-refractivity contribution in [3.8, 4) is 0 Å². The minimum atomic E-state index is -4.48. The second-order valence-corrected chi connectivity index (χ2v) is 4.27. The number of hydrogen-bond acceptors (Lipinski definition) is 6. The Labute approximate surface area is 171 Å². The van der Waals surface area contributed by atoms with E-state index in [-0.39, 0.29) is 103 Å². The van der Waals surface area contributed by atoms with Crippen LogP contribution in [0.2, 0.25) is 0 Å². The molecule has 0 fully saturated rings. The SMILES string of the molecule is COP(=O)(O)C(CC(=O)[O-])C(=O)[O-].[K+].[K+]. The molecule has 0 radical (unpaired) electrons. The molecule has 0 aromatic heterocycles. The number of hydrogen-bond donors (Lipinski definition) is 1. The van der Waals surface area contributed by atoms with Crippen LogP contribution in [0.3, 0.4) is 0 Å². The first-order chi connectivity index (χ1) is 5.81. The summed E-state index contributed by atoms with van der Waals surface area (Å²) >= 11 is 0. The van der Waals surface area contributed by atoms with Gasteiger partial charge >= 0.3 is 110 Å². The van der Waals surface area contributed by atoms with Gasteiger partial charge in [-0.25, -0.2) is 0 Å². The van der Waals surface area contributed by atoms with Crippen LogP contribution in [0.5, 0.6) is 0 Å². The van der Waals surface area contributed by atoms with Gasteiger partial charge in [0.1, 0.15) is 5.66 Å². The third-order valence-electron chi connectivity index (χ3n) is 1.29. The van der Waals surface area contributed by atoms with Gasteiger partial charge in [0.25, 0.3) is 0 Å². The first-order valence-electron chi connectivity index (χ1n) is 3.10. The fourth-order valence-electron chi connectivity index (χ4n) is 0.617. The van der Waals surface area contributed by atoms with Gasteiger partial charge in [-0.1, -0.05) is 0 Å². The van der Waals surface area contributed by atoms with Crippen LogP contribution in [0.15, 0.2) is 0 Å². The molecule has 0 saturated carbocycles. The molecule has 7 nitrogen and oxygen atoms in total. The van der Waals surface area contributed by atoms with E-state index < -0.39 is 31.6 Å². The summed E-state index contributed by atoms with van der Waals surface area (Å²) in [6.07, 6.45) is -1.12. The molecule has 0 saturated heterocycles. The molecule has 1 N–H and O–H groups in total. The van der Waals surface area contributed by atoms with Crippen LogP contribution in [0.25, 0.3) is 0 Å². The Kier molecular flexibility index (Phi) is 15.5. The third kappa shape index (κ3) is 9.00. The van der Waals surface area contributed by atoms with Crippen LogP contribution in [0.1, 0.15) is 6.42 Å². The first-order valence-corrected chi connectivity index (χ1v) is 4.75. The van der Waals surface area contributed by atoms with E-state index in [1.807, 2.05) is 0 Å². The zero-order valence-electron chi connectivity index (χ0n) is 8.63. The summed E-state index contributed by atoms with van der Waals surface area (Å²) < 4.78 is 14.8. The minimum Gasteiger partial charge on any atom is -0.550 e. The zero-order valence-corrected chi connectivity index (χ0v) is 15.8. The van der Waals surface area contributed by atoms with Crippen LogP contribution in [0, 0.1) is 0 Å². The summed E-state index contributed by atoms with van der Waals surface area (Å²) in [4.78, 5) is 29.0. The predicted molar refractivity (Wildman–Crippen MR) is 35.3 cm³/mol. The summed E-state index contributed by atoms with van der Waals surface area (Å²) in [5.74, 6) is -3.72. The fourth-order valence-corrected chi connectivity index (χ4v) is 1.52. The van der Waals surface area contributed by atoms with Crippen LogP contribution >= 0.6 is 7.60 Å². The summed E-state index contributed by atoms with van der Waals surface area (Å²) in [5, 5.41) is 20.2. The Balaban J connectivity index is -0.000000720. The minimum absolute atomic E-state index is 0. The Hall–Kier alpha value is 2.36. The van der Waals surface area contributed by atoms with Crippen molar-refractivity contribution in [2.24, 2.45) is 0 Å². The van der Waals surface area contributed by atoms with Crippen molar-refractivity contribution in [3.05, 3.63) is 0 Å². The van der Waals surface area contributed by atoms with Gasteiger partial charge in [-0.2, -0.15) is 0 Å². The van der Waals surface area contributed by atoms with Gasteiger partial charge in [-0.15, -0.1) is 0 Å². The van der Waals surface area contributed by atoms with Gasteiger partial charge < -0.3 is 29.2 Å². The van der Waals surface area contributed by atoms with Gasteiger partial charge in [-0.3, -0.25) is 4.57 Å². The molecule has 0 heterocycles. The molecule has 2 unspecified atom stereocenters. The van der Waals surface area contributed by atoms with Crippen LogP contribution < -0.4 is 113 Å². The Bertz CT molecular complexity index is 268. The van der Waals surface area contributed by atoms with Gasteiger partial charge in [0, 0.05) is 19.5 Å². The van der Waals surface area contributed by atoms with E-state index in [1.165, 1.54) is 0 Å². The number of carboxylic acids is 2. The molecule has 0 rings (SSSR count). The van der Waals surface area contributed by atoms with Crippen molar-refractivity contribution in [2.45, 2.75) is 12.1 Å². The summed E-state index contributed by atoms with van der Waals surface area (Å²) in [6.45, 7) is 0. The van der Waals surface area contributed by atoms with E-state index in [9.17, 15) is 24.4 Å². The monoisotopic (exact) mass is 288 g/mol. The molecule has 0 spiro atoms. The number of carbonyl (C=O) groups is 2. The molecule has 0 aliphatic heterocycles. The van der Waals surface area contributed by atoms with Gasteiger partial charge in [0.15, 0.2) is 0 Å². The Morgan fingerprint density at radius 3 is 2.00 bits per heavy atom. The van der Waals surface area contributed by atoms with Crippen molar-refractivity contribution in [3.63, 3.8) is 0 Å². The van der Waals surface area contributed by atoms with Gasteiger partial charge in [0.05, 0.1) is 5.97 Å². The predicted octanol–water partition coefficient (Wildman–Crippen LogP) is -8.92. The van der Waals surface area contributed by atoms with Crippen LogP contribution in [0.4, 0.5) is 0 Å². The Morgan fingerprint density at radius 2 is 1.80 bits per heavy atom. The van der Waals surface area contributed by atoms with Crippen molar-refractivity contribution in [1.82, 2.24) is 0 Å². The number of carbonyl (C=O) groups excluding carboxylic acids is 2. The average Bonchev–Trinajstić information content (AvgIpc) is 1.99. The van der Waals surface area contributed by atoms with E-state index in [2.05, 4.69) is 4.52 Å². The maximum atomic E-state index is 10.9. The molecule has 0 amide bonds. The normalized spacial score (nSPS) is 15.1. The van der Waals surface area contributed by atoms with E-state index in [4.69, 9.17) is 4.89 Å². The zero-order chi connectivity index (χ0) is 10.6. The molecule has 0 aliphatic carbocycles. The molecule has 15 heavy (non-hydrogen) atoms. The fraction of sp³-hybridized carbons (Fsp3) is 0.600. The molecule has 0 aromatic rings. The summed E-state index contributed by atoms with van der Waals surface area (Å²) in [5.41, 5.74) is -2.09. The van der Waals surface area contributed by atoms with Gasteiger partial charge in [-0.05, 0) is 0 Å². The van der Waals surface area contributed by atoms with Crippen molar-refractivity contribution in [2.75, 3.05) is 7.11 Å². The summed E-state index contributed by atoms with van der Waals surface area (Å²) in [6, 6.07) is 0. The van der Waals surface area contributed by atoms with E-state index in [1.54, 1.807) is 0 Å². The van der Waals surface area contributed by atoms with Gasteiger partial charge in [0.2, 0.25) is 0 Å².